The fourth-order valence-electron chi connectivity index (χ4n) is 2.74. The number of anilines is 2. The summed E-state index contributed by atoms with van der Waals surface area (Å²) >= 11 is 0. The van der Waals surface area contributed by atoms with E-state index in [1.54, 1.807) is 23.4 Å². The lowest BCUT2D eigenvalue weighted by Gasteiger charge is -2.18. The number of pyridine rings is 1. The zero-order valence-electron chi connectivity index (χ0n) is 14.0. The van der Waals surface area contributed by atoms with Crippen LogP contribution < -0.4 is 15.5 Å². The third-order valence-corrected chi connectivity index (χ3v) is 3.93. The number of hydrogen-bond donors (Lipinski definition) is 2. The Hall–Kier alpha value is -3.15. The van der Waals surface area contributed by atoms with Crippen LogP contribution in [0.1, 0.15) is 18.1 Å². The third kappa shape index (κ3) is 4.03. The maximum atomic E-state index is 12.1. The first-order valence-corrected chi connectivity index (χ1v) is 8.25. The largest absolute Gasteiger partial charge is 0.338 e. The molecule has 2 heterocycles. The van der Waals surface area contributed by atoms with Crippen LogP contribution in [-0.4, -0.2) is 30.0 Å². The number of fused-ring (bicyclic) bond motifs is 1. The number of carbonyl (C=O) groups is 2. The van der Waals surface area contributed by atoms with E-state index < -0.39 is 0 Å². The van der Waals surface area contributed by atoms with Gasteiger partial charge in [-0.05, 0) is 48.7 Å². The fourth-order valence-corrected chi connectivity index (χ4v) is 2.74. The molecule has 0 unspecified atom stereocenters. The first-order chi connectivity index (χ1) is 12.2. The summed E-state index contributed by atoms with van der Waals surface area (Å²) in [5.74, 6) is -0.230. The summed E-state index contributed by atoms with van der Waals surface area (Å²) < 4.78 is 0. The van der Waals surface area contributed by atoms with Crippen molar-refractivity contribution >= 4 is 29.4 Å². The highest BCUT2D eigenvalue weighted by molar-refractivity contribution is 6.03. The monoisotopic (exact) mass is 336 g/mol. The summed E-state index contributed by atoms with van der Waals surface area (Å²) in [7, 11) is 0. The smallest absolute Gasteiger partial charge is 0.321 e. The molecule has 1 aliphatic heterocycles. The van der Waals surface area contributed by atoms with E-state index in [2.05, 4.69) is 15.6 Å². The molecule has 0 saturated carbocycles. The van der Waals surface area contributed by atoms with Crippen LogP contribution >= 0.6 is 0 Å². The molecule has 3 amide bonds. The van der Waals surface area contributed by atoms with Crippen LogP contribution in [-0.2, 0) is 11.2 Å². The first kappa shape index (κ1) is 16.7. The molecule has 1 aromatic carbocycles. The summed E-state index contributed by atoms with van der Waals surface area (Å²) in [6.07, 6.45) is 7.36. The van der Waals surface area contributed by atoms with Crippen LogP contribution in [0.5, 0.6) is 0 Å². The molecular formula is C19H20N4O2. The molecule has 6 nitrogen and oxygen atoms in total. The summed E-state index contributed by atoms with van der Waals surface area (Å²) in [4.78, 5) is 29.9. The zero-order chi connectivity index (χ0) is 17.6. The number of benzene rings is 1. The van der Waals surface area contributed by atoms with Gasteiger partial charge < -0.3 is 10.6 Å². The molecule has 1 aliphatic rings. The Morgan fingerprint density at radius 2 is 2.20 bits per heavy atom. The Balaban J connectivity index is 1.70. The van der Waals surface area contributed by atoms with Gasteiger partial charge in [0, 0.05) is 37.2 Å². The number of nitrogens with one attached hydrogen (secondary N) is 2. The van der Waals surface area contributed by atoms with E-state index in [-0.39, 0.29) is 11.9 Å². The Morgan fingerprint density at radius 3 is 2.96 bits per heavy atom. The molecule has 0 bridgehead atoms. The molecule has 128 valence electrons. The second kappa shape index (κ2) is 7.61. The van der Waals surface area contributed by atoms with Crippen LogP contribution in [0.4, 0.5) is 16.2 Å². The molecule has 0 radical (unpaired) electrons. The van der Waals surface area contributed by atoms with Gasteiger partial charge in [-0.2, -0.15) is 0 Å². The van der Waals surface area contributed by atoms with Crippen molar-refractivity contribution in [2.24, 2.45) is 0 Å². The number of aromatic nitrogens is 1. The van der Waals surface area contributed by atoms with E-state index in [9.17, 15) is 9.59 Å². The summed E-state index contributed by atoms with van der Waals surface area (Å²) in [5, 5.41) is 5.64. The van der Waals surface area contributed by atoms with E-state index in [4.69, 9.17) is 0 Å². The highest BCUT2D eigenvalue weighted by Crippen LogP contribution is 2.30. The normalized spacial score (nSPS) is 12.9. The number of hydrogen-bond acceptors (Lipinski definition) is 3. The highest BCUT2D eigenvalue weighted by Gasteiger charge is 2.24. The van der Waals surface area contributed by atoms with Crippen molar-refractivity contribution in [1.82, 2.24) is 10.3 Å². The van der Waals surface area contributed by atoms with Gasteiger partial charge in [0.05, 0.1) is 5.69 Å². The third-order valence-electron chi connectivity index (χ3n) is 3.93. The van der Waals surface area contributed by atoms with Crippen molar-refractivity contribution in [3.8, 4) is 0 Å². The maximum Gasteiger partial charge on any atom is 0.321 e. The Morgan fingerprint density at radius 1 is 1.32 bits per heavy atom. The van der Waals surface area contributed by atoms with Gasteiger partial charge in [0.1, 0.15) is 0 Å². The van der Waals surface area contributed by atoms with Crippen molar-refractivity contribution in [1.29, 1.82) is 0 Å². The lowest BCUT2D eigenvalue weighted by molar-refractivity contribution is -0.111. The van der Waals surface area contributed by atoms with Gasteiger partial charge in [0.2, 0.25) is 5.91 Å². The van der Waals surface area contributed by atoms with Gasteiger partial charge in [-0.3, -0.25) is 14.7 Å². The van der Waals surface area contributed by atoms with Gasteiger partial charge in [-0.1, -0.05) is 12.1 Å². The highest BCUT2D eigenvalue weighted by atomic mass is 16.2. The van der Waals surface area contributed by atoms with Gasteiger partial charge in [0.25, 0.3) is 0 Å². The second-order valence-electron chi connectivity index (χ2n) is 5.69. The Bertz CT molecular complexity index is 802. The standard InChI is InChI=1S/C19H20N4O2/c1-2-21-19(25)23-11-9-15-6-7-16(12-17(15)23)22-18(24)8-5-14-4-3-10-20-13-14/h3-8,10,12-13H,2,9,11H2,1H3,(H,21,25)(H,22,24)/b8-5+. The predicted octanol–water partition coefficient (Wildman–Crippen LogP) is 2.83. The van der Waals surface area contributed by atoms with Crippen molar-refractivity contribution in [3.05, 3.63) is 59.9 Å². The molecule has 2 N–H and O–H groups in total. The van der Waals surface area contributed by atoms with Gasteiger partial charge in [-0.15, -0.1) is 0 Å². The summed E-state index contributed by atoms with van der Waals surface area (Å²) in [6, 6.07) is 9.23. The first-order valence-electron chi connectivity index (χ1n) is 8.25. The van der Waals surface area contributed by atoms with Crippen molar-refractivity contribution < 1.29 is 9.59 Å². The maximum absolute atomic E-state index is 12.1. The molecule has 2 aromatic rings. The summed E-state index contributed by atoms with van der Waals surface area (Å²) in [5.41, 5.74) is 3.47. The topological polar surface area (TPSA) is 74.3 Å². The lowest BCUT2D eigenvalue weighted by Crippen LogP contribution is -2.38. The molecule has 6 heteroatoms. The van der Waals surface area contributed by atoms with E-state index in [0.29, 0.717) is 18.8 Å². The van der Waals surface area contributed by atoms with Crippen molar-refractivity contribution in [2.45, 2.75) is 13.3 Å². The molecule has 25 heavy (non-hydrogen) atoms. The second-order valence-corrected chi connectivity index (χ2v) is 5.69. The number of rotatable bonds is 4. The molecule has 0 saturated heterocycles. The van der Waals surface area contributed by atoms with Crippen LogP contribution in [0.2, 0.25) is 0 Å². The molecule has 0 spiro atoms. The number of carbonyl (C=O) groups excluding carboxylic acids is 2. The number of nitrogens with zero attached hydrogens (tertiary/aromatic N) is 2. The molecule has 0 aliphatic carbocycles. The number of urea groups is 1. The van der Waals surface area contributed by atoms with Gasteiger partial charge in [0.15, 0.2) is 0 Å². The quantitative estimate of drug-likeness (QED) is 0.843. The molecule has 1 aromatic heterocycles. The van der Waals surface area contributed by atoms with E-state index >= 15 is 0 Å². The molecule has 0 atom stereocenters. The van der Waals surface area contributed by atoms with Crippen molar-refractivity contribution in [2.75, 3.05) is 23.3 Å². The number of amides is 3. The lowest BCUT2D eigenvalue weighted by atomic mass is 10.1. The van der Waals surface area contributed by atoms with Crippen LogP contribution in [0.15, 0.2) is 48.8 Å². The van der Waals surface area contributed by atoms with Gasteiger partial charge >= 0.3 is 6.03 Å². The van der Waals surface area contributed by atoms with Crippen LogP contribution in [0, 0.1) is 0 Å². The Labute approximate surface area is 146 Å². The van der Waals surface area contributed by atoms with Crippen molar-refractivity contribution in [3.63, 3.8) is 0 Å². The van der Waals surface area contributed by atoms with Gasteiger partial charge in [-0.25, -0.2) is 4.79 Å². The molecule has 3 rings (SSSR count). The predicted molar refractivity (Wildman–Crippen MR) is 98.5 cm³/mol. The fraction of sp³-hybridized carbons (Fsp3) is 0.211. The van der Waals surface area contributed by atoms with E-state index in [1.165, 1.54) is 6.08 Å². The Kier molecular flexibility index (Phi) is 5.09. The molecule has 0 fully saturated rings. The van der Waals surface area contributed by atoms with E-state index in [0.717, 1.165) is 23.2 Å². The minimum Gasteiger partial charge on any atom is -0.338 e. The minimum absolute atomic E-state index is 0.110. The average molecular weight is 336 g/mol. The average Bonchev–Trinajstić information content (AvgIpc) is 3.04. The summed E-state index contributed by atoms with van der Waals surface area (Å²) in [6.45, 7) is 3.12. The molecular weight excluding hydrogens is 316 g/mol. The van der Waals surface area contributed by atoms with E-state index in [1.807, 2.05) is 37.3 Å². The van der Waals surface area contributed by atoms with Crippen LogP contribution in [0.3, 0.4) is 0 Å². The van der Waals surface area contributed by atoms with Crippen LogP contribution in [0.25, 0.3) is 6.08 Å². The minimum atomic E-state index is -0.230. The SMILES string of the molecule is CCNC(=O)N1CCc2ccc(NC(=O)/C=C/c3cccnc3)cc21. The zero-order valence-corrected chi connectivity index (χ0v) is 14.0.